The fraction of sp³-hybridized carbons (Fsp3) is 0.389. The first-order chi connectivity index (χ1) is 11.1. The Labute approximate surface area is 136 Å². The zero-order valence-electron chi connectivity index (χ0n) is 13.9. The summed E-state index contributed by atoms with van der Waals surface area (Å²) in [5.41, 5.74) is 10.3. The maximum absolute atomic E-state index is 11.6. The summed E-state index contributed by atoms with van der Waals surface area (Å²) in [5, 5.41) is 13.4. The third-order valence-corrected chi connectivity index (χ3v) is 3.99. The second-order valence-electron chi connectivity index (χ2n) is 5.37. The minimum absolute atomic E-state index is 0.381. The van der Waals surface area contributed by atoms with E-state index in [0.29, 0.717) is 11.3 Å². The van der Waals surface area contributed by atoms with Gasteiger partial charge in [-0.3, -0.25) is 4.79 Å². The van der Waals surface area contributed by atoms with Gasteiger partial charge in [0.2, 0.25) is 0 Å². The van der Waals surface area contributed by atoms with E-state index in [1.54, 1.807) is 6.07 Å². The van der Waals surface area contributed by atoms with Crippen LogP contribution in [0.1, 0.15) is 59.6 Å². The van der Waals surface area contributed by atoms with E-state index in [-0.39, 0.29) is 0 Å². The first kappa shape index (κ1) is 16.8. The Morgan fingerprint density at radius 3 is 2.61 bits per heavy atom. The molecule has 0 spiro atoms. The Balaban J connectivity index is 0.000000924. The fourth-order valence-corrected chi connectivity index (χ4v) is 2.92. The highest BCUT2D eigenvalue weighted by Gasteiger charge is 2.24. The number of carbonyl (C=O) groups excluding carboxylic acids is 1. The molecule has 2 aromatic rings. The van der Waals surface area contributed by atoms with Crippen molar-refractivity contribution in [1.82, 2.24) is 9.78 Å². The SMILES string of the molecule is CC.Cc1cc(-n2nc(C(N)=O)c3c2CCCC3)ccc1C#N. The van der Waals surface area contributed by atoms with Crippen LogP contribution in [0.15, 0.2) is 18.2 Å². The molecule has 1 heterocycles. The maximum Gasteiger partial charge on any atom is 0.269 e. The van der Waals surface area contributed by atoms with E-state index in [9.17, 15) is 4.79 Å². The molecule has 5 heteroatoms. The molecule has 0 atom stereocenters. The standard InChI is InChI=1S/C16H16N4O.C2H6/c1-10-8-12(7-6-11(10)9-17)20-14-5-3-2-4-13(14)15(19-20)16(18)21;1-2/h6-8H,2-5H2,1H3,(H2,18,21);1-2H3. The van der Waals surface area contributed by atoms with Crippen LogP contribution in [-0.2, 0) is 12.8 Å². The van der Waals surface area contributed by atoms with Gasteiger partial charge in [0.05, 0.1) is 17.3 Å². The molecule has 2 N–H and O–H groups in total. The van der Waals surface area contributed by atoms with Gasteiger partial charge < -0.3 is 5.73 Å². The van der Waals surface area contributed by atoms with Gasteiger partial charge in [-0.15, -0.1) is 0 Å². The minimum atomic E-state index is -0.475. The van der Waals surface area contributed by atoms with Crippen molar-refractivity contribution >= 4 is 5.91 Å². The smallest absolute Gasteiger partial charge is 0.269 e. The molecule has 1 aromatic heterocycles. The highest BCUT2D eigenvalue weighted by Crippen LogP contribution is 2.27. The lowest BCUT2D eigenvalue weighted by atomic mass is 9.95. The summed E-state index contributed by atoms with van der Waals surface area (Å²) in [6.45, 7) is 5.90. The lowest BCUT2D eigenvalue weighted by molar-refractivity contribution is 0.0994. The summed E-state index contributed by atoms with van der Waals surface area (Å²) in [6, 6.07) is 7.72. The molecule has 23 heavy (non-hydrogen) atoms. The summed E-state index contributed by atoms with van der Waals surface area (Å²) < 4.78 is 1.81. The van der Waals surface area contributed by atoms with Gasteiger partial charge in [0.25, 0.3) is 5.91 Å². The van der Waals surface area contributed by atoms with Gasteiger partial charge in [0.15, 0.2) is 5.69 Å². The van der Waals surface area contributed by atoms with E-state index in [1.165, 1.54) is 0 Å². The zero-order chi connectivity index (χ0) is 17.0. The number of hydrogen-bond acceptors (Lipinski definition) is 3. The molecule has 3 rings (SSSR count). The molecule has 1 aromatic carbocycles. The Morgan fingerprint density at radius 1 is 1.30 bits per heavy atom. The Hall–Kier alpha value is -2.61. The lowest BCUT2D eigenvalue weighted by Crippen LogP contribution is -2.15. The Kier molecular flexibility index (Phi) is 5.17. The number of primary amides is 1. The first-order valence-electron chi connectivity index (χ1n) is 8.03. The van der Waals surface area contributed by atoms with Gasteiger partial charge in [0.1, 0.15) is 0 Å². The number of aromatic nitrogens is 2. The van der Waals surface area contributed by atoms with Crippen molar-refractivity contribution < 1.29 is 4.79 Å². The van der Waals surface area contributed by atoms with Crippen molar-refractivity contribution in [3.05, 3.63) is 46.3 Å². The van der Waals surface area contributed by atoms with Crippen LogP contribution in [0.25, 0.3) is 5.69 Å². The van der Waals surface area contributed by atoms with Gasteiger partial charge >= 0.3 is 0 Å². The molecule has 1 amide bonds. The number of nitrogens with zero attached hydrogens (tertiary/aromatic N) is 3. The van der Waals surface area contributed by atoms with Gasteiger partial charge in [-0.05, 0) is 56.4 Å². The van der Waals surface area contributed by atoms with Gasteiger partial charge in [-0.25, -0.2) is 4.68 Å². The molecule has 1 aliphatic rings. The quantitative estimate of drug-likeness (QED) is 0.925. The molecule has 5 nitrogen and oxygen atoms in total. The molecule has 0 radical (unpaired) electrons. The van der Waals surface area contributed by atoms with E-state index in [4.69, 9.17) is 11.0 Å². The molecule has 0 saturated carbocycles. The van der Waals surface area contributed by atoms with Gasteiger partial charge in [-0.2, -0.15) is 10.4 Å². The summed E-state index contributed by atoms with van der Waals surface area (Å²) in [5.74, 6) is -0.475. The highest BCUT2D eigenvalue weighted by atomic mass is 16.1. The zero-order valence-corrected chi connectivity index (χ0v) is 13.9. The number of aryl methyl sites for hydroxylation is 1. The van der Waals surface area contributed by atoms with Crippen LogP contribution in [0.2, 0.25) is 0 Å². The van der Waals surface area contributed by atoms with E-state index >= 15 is 0 Å². The molecule has 0 unspecified atom stereocenters. The number of rotatable bonds is 2. The molecule has 0 bridgehead atoms. The molecule has 0 aliphatic heterocycles. The van der Waals surface area contributed by atoms with Gasteiger partial charge in [-0.1, -0.05) is 13.8 Å². The van der Waals surface area contributed by atoms with Crippen LogP contribution in [-0.4, -0.2) is 15.7 Å². The van der Waals surface area contributed by atoms with Crippen molar-refractivity contribution in [2.24, 2.45) is 5.73 Å². The largest absolute Gasteiger partial charge is 0.364 e. The number of nitrogens with two attached hydrogens (primary N) is 1. The van der Waals surface area contributed by atoms with E-state index in [0.717, 1.165) is 48.2 Å². The fourth-order valence-electron chi connectivity index (χ4n) is 2.92. The van der Waals surface area contributed by atoms with Crippen LogP contribution in [0.5, 0.6) is 0 Å². The number of amides is 1. The van der Waals surface area contributed by atoms with Crippen LogP contribution in [0.4, 0.5) is 0 Å². The summed E-state index contributed by atoms with van der Waals surface area (Å²) in [4.78, 5) is 11.6. The molecule has 0 fully saturated rings. The van der Waals surface area contributed by atoms with Crippen molar-refractivity contribution in [2.45, 2.75) is 46.5 Å². The monoisotopic (exact) mass is 310 g/mol. The van der Waals surface area contributed by atoms with Crippen molar-refractivity contribution in [1.29, 1.82) is 5.26 Å². The molecule has 120 valence electrons. The van der Waals surface area contributed by atoms with Crippen LogP contribution >= 0.6 is 0 Å². The third-order valence-electron chi connectivity index (χ3n) is 3.99. The average Bonchev–Trinajstić information content (AvgIpc) is 2.96. The van der Waals surface area contributed by atoms with Crippen LogP contribution in [0, 0.1) is 18.3 Å². The molecule has 0 saturated heterocycles. The Bertz CT molecular complexity index is 768. The minimum Gasteiger partial charge on any atom is -0.364 e. The normalized spacial score (nSPS) is 12.6. The second kappa shape index (κ2) is 7.10. The third kappa shape index (κ3) is 3.11. The average molecular weight is 310 g/mol. The van der Waals surface area contributed by atoms with Crippen molar-refractivity contribution in [2.75, 3.05) is 0 Å². The van der Waals surface area contributed by atoms with Crippen LogP contribution < -0.4 is 5.73 Å². The first-order valence-corrected chi connectivity index (χ1v) is 8.03. The summed E-state index contributed by atoms with van der Waals surface area (Å²) in [6.07, 6.45) is 3.90. The Morgan fingerprint density at radius 2 is 2.00 bits per heavy atom. The van der Waals surface area contributed by atoms with E-state index in [1.807, 2.05) is 37.6 Å². The number of hydrogen-bond donors (Lipinski definition) is 1. The second-order valence-corrected chi connectivity index (χ2v) is 5.37. The van der Waals surface area contributed by atoms with Gasteiger partial charge in [0, 0.05) is 11.3 Å². The topological polar surface area (TPSA) is 84.7 Å². The van der Waals surface area contributed by atoms with E-state index < -0.39 is 5.91 Å². The molecule has 1 aliphatic carbocycles. The summed E-state index contributed by atoms with van der Waals surface area (Å²) in [7, 11) is 0. The lowest BCUT2D eigenvalue weighted by Gasteiger charge is -2.14. The number of fused-ring (bicyclic) bond motifs is 1. The maximum atomic E-state index is 11.6. The van der Waals surface area contributed by atoms with Crippen LogP contribution in [0.3, 0.4) is 0 Å². The summed E-state index contributed by atoms with van der Waals surface area (Å²) >= 11 is 0. The predicted octanol–water partition coefficient (Wildman–Crippen LogP) is 3.06. The van der Waals surface area contributed by atoms with Crippen molar-refractivity contribution in [3.63, 3.8) is 0 Å². The molecular weight excluding hydrogens is 288 g/mol. The van der Waals surface area contributed by atoms with Crippen molar-refractivity contribution in [3.8, 4) is 11.8 Å². The highest BCUT2D eigenvalue weighted by molar-refractivity contribution is 5.92. The number of nitriles is 1. The predicted molar refractivity (Wildman–Crippen MR) is 89.5 cm³/mol. The number of benzene rings is 1. The van der Waals surface area contributed by atoms with E-state index in [2.05, 4.69) is 11.2 Å². The number of carbonyl (C=O) groups is 1. The molecular formula is C18H22N4O.